The average molecular weight is 363 g/mol. The van der Waals surface area contributed by atoms with E-state index in [4.69, 9.17) is 0 Å². The smallest absolute Gasteiger partial charge is 0.282 e. The monoisotopic (exact) mass is 363 g/mol. The van der Waals surface area contributed by atoms with Gasteiger partial charge in [0.2, 0.25) is 0 Å². The van der Waals surface area contributed by atoms with Crippen molar-refractivity contribution in [2.24, 2.45) is 0 Å². The van der Waals surface area contributed by atoms with Gasteiger partial charge in [0.15, 0.2) is 0 Å². The van der Waals surface area contributed by atoms with Crippen LogP contribution in [0.2, 0.25) is 0 Å². The Bertz CT molecular complexity index is 820. The maximum Gasteiger partial charge on any atom is 0.282 e. The zero-order valence-corrected chi connectivity index (χ0v) is 15.2. The zero-order valence-electron chi connectivity index (χ0n) is 14.4. The first kappa shape index (κ1) is 17.0. The van der Waals surface area contributed by atoms with Gasteiger partial charge in [-0.2, -0.15) is 17.0 Å². The summed E-state index contributed by atoms with van der Waals surface area (Å²) < 4.78 is 30.7. The van der Waals surface area contributed by atoms with Crippen molar-refractivity contribution in [3.63, 3.8) is 0 Å². The molecule has 1 aromatic carbocycles. The number of imidazole rings is 1. The predicted octanol–water partition coefficient (Wildman–Crippen LogP) is 0.995. The highest BCUT2D eigenvalue weighted by Crippen LogP contribution is 2.18. The lowest BCUT2D eigenvalue weighted by molar-refractivity contribution is 0.178. The van der Waals surface area contributed by atoms with E-state index in [0.29, 0.717) is 26.2 Å². The second kappa shape index (κ2) is 7.03. The number of rotatable bonds is 5. The van der Waals surface area contributed by atoms with Crippen LogP contribution in [-0.2, 0) is 16.8 Å². The molecule has 136 valence electrons. The summed E-state index contributed by atoms with van der Waals surface area (Å²) >= 11 is 0. The third-order valence-electron chi connectivity index (χ3n) is 5.23. The predicted molar refractivity (Wildman–Crippen MR) is 97.5 cm³/mol. The third-order valence-corrected chi connectivity index (χ3v) is 7.27. The topological polar surface area (TPSA) is 61.7 Å². The molecule has 2 saturated heterocycles. The molecule has 2 aliphatic rings. The molecule has 2 aliphatic heterocycles. The van der Waals surface area contributed by atoms with Crippen molar-refractivity contribution in [2.45, 2.75) is 19.4 Å². The molecule has 3 heterocycles. The Labute approximate surface area is 149 Å². The highest BCUT2D eigenvalue weighted by Gasteiger charge is 2.33. The van der Waals surface area contributed by atoms with Crippen LogP contribution in [0.3, 0.4) is 0 Å². The Morgan fingerprint density at radius 2 is 1.56 bits per heavy atom. The van der Waals surface area contributed by atoms with Crippen LogP contribution < -0.4 is 0 Å². The lowest BCUT2D eigenvalue weighted by Gasteiger charge is -2.35. The van der Waals surface area contributed by atoms with Crippen molar-refractivity contribution in [3.8, 4) is 0 Å². The lowest BCUT2D eigenvalue weighted by Crippen LogP contribution is -2.52. The van der Waals surface area contributed by atoms with Gasteiger partial charge >= 0.3 is 0 Å². The summed E-state index contributed by atoms with van der Waals surface area (Å²) in [7, 11) is -3.25. The van der Waals surface area contributed by atoms with Gasteiger partial charge in [0, 0.05) is 52.4 Å². The van der Waals surface area contributed by atoms with Gasteiger partial charge < -0.3 is 4.57 Å². The van der Waals surface area contributed by atoms with Gasteiger partial charge in [-0.1, -0.05) is 12.1 Å². The second-order valence-electron chi connectivity index (χ2n) is 6.78. The summed E-state index contributed by atoms with van der Waals surface area (Å²) in [5.74, 6) is 0. The van der Waals surface area contributed by atoms with E-state index in [1.54, 1.807) is 8.61 Å². The minimum absolute atomic E-state index is 0.587. The van der Waals surface area contributed by atoms with E-state index in [0.717, 1.165) is 50.1 Å². The van der Waals surface area contributed by atoms with E-state index >= 15 is 0 Å². The molecule has 0 radical (unpaired) electrons. The summed E-state index contributed by atoms with van der Waals surface area (Å²) in [6, 6.07) is 8.14. The molecular weight excluding hydrogens is 338 g/mol. The van der Waals surface area contributed by atoms with E-state index in [1.165, 1.54) is 0 Å². The summed E-state index contributed by atoms with van der Waals surface area (Å²) in [5.41, 5.74) is 2.17. The zero-order chi connectivity index (χ0) is 17.3. The molecule has 0 spiro atoms. The van der Waals surface area contributed by atoms with Gasteiger partial charge in [0.1, 0.15) is 0 Å². The van der Waals surface area contributed by atoms with Crippen molar-refractivity contribution >= 4 is 21.2 Å². The molecule has 1 aromatic heterocycles. The molecule has 0 N–H and O–H groups in total. The first-order valence-electron chi connectivity index (χ1n) is 9.02. The van der Waals surface area contributed by atoms with Gasteiger partial charge in [-0.05, 0) is 25.0 Å². The number of hydrogen-bond donors (Lipinski definition) is 0. The normalized spacial score (nSPS) is 21.3. The summed E-state index contributed by atoms with van der Waals surface area (Å²) in [5, 5.41) is 0. The summed E-state index contributed by atoms with van der Waals surface area (Å²) in [6.45, 7) is 5.90. The number of fused-ring (bicyclic) bond motifs is 1. The second-order valence-corrected chi connectivity index (χ2v) is 8.71. The maximum atomic E-state index is 12.6. The SMILES string of the molecule is O=S(=O)(N1CCCC1)N1CCN(CCn2cnc3ccccc32)CC1. The number of piperazine rings is 1. The molecule has 7 nitrogen and oxygen atoms in total. The van der Waals surface area contributed by atoms with Crippen molar-refractivity contribution in [1.29, 1.82) is 0 Å². The molecular formula is C17H25N5O2S. The fourth-order valence-corrected chi connectivity index (χ4v) is 5.37. The molecule has 0 aliphatic carbocycles. The highest BCUT2D eigenvalue weighted by molar-refractivity contribution is 7.86. The van der Waals surface area contributed by atoms with Crippen LogP contribution >= 0.6 is 0 Å². The molecule has 2 aromatic rings. The Hall–Kier alpha value is -1.48. The average Bonchev–Trinajstić information content (AvgIpc) is 3.31. The molecule has 0 bridgehead atoms. The van der Waals surface area contributed by atoms with Gasteiger partial charge in [0.05, 0.1) is 17.4 Å². The molecule has 2 fully saturated rings. The van der Waals surface area contributed by atoms with E-state index in [9.17, 15) is 8.42 Å². The summed E-state index contributed by atoms with van der Waals surface area (Å²) in [6.07, 6.45) is 3.86. The number of benzene rings is 1. The van der Waals surface area contributed by atoms with Crippen molar-refractivity contribution in [2.75, 3.05) is 45.8 Å². The minimum atomic E-state index is -3.25. The van der Waals surface area contributed by atoms with Gasteiger partial charge in [-0.15, -0.1) is 0 Å². The van der Waals surface area contributed by atoms with Crippen LogP contribution in [0.4, 0.5) is 0 Å². The first-order chi connectivity index (χ1) is 12.1. The standard InChI is InChI=1S/C17H25N5O2S/c23-25(24,21-7-3-4-8-21)22-13-10-19(11-14-22)9-12-20-15-18-16-5-1-2-6-17(16)20/h1-2,5-6,15H,3-4,7-14H2. The number of nitrogens with zero attached hydrogens (tertiary/aromatic N) is 5. The quantitative estimate of drug-likeness (QED) is 0.795. The Morgan fingerprint density at radius 3 is 2.32 bits per heavy atom. The lowest BCUT2D eigenvalue weighted by atomic mass is 10.3. The van der Waals surface area contributed by atoms with Gasteiger partial charge in [0.25, 0.3) is 10.2 Å². The number of aromatic nitrogens is 2. The van der Waals surface area contributed by atoms with E-state index < -0.39 is 10.2 Å². The van der Waals surface area contributed by atoms with Crippen LogP contribution in [0.25, 0.3) is 11.0 Å². The van der Waals surface area contributed by atoms with Gasteiger partial charge in [-0.3, -0.25) is 4.90 Å². The minimum Gasteiger partial charge on any atom is -0.329 e. The third kappa shape index (κ3) is 3.44. The molecule has 0 atom stereocenters. The van der Waals surface area contributed by atoms with Crippen LogP contribution in [-0.4, -0.2) is 77.3 Å². The molecule has 4 rings (SSSR count). The first-order valence-corrected chi connectivity index (χ1v) is 10.4. The Morgan fingerprint density at radius 1 is 0.880 bits per heavy atom. The van der Waals surface area contributed by atoms with E-state index in [-0.39, 0.29) is 0 Å². The van der Waals surface area contributed by atoms with Gasteiger partial charge in [-0.25, -0.2) is 4.98 Å². The fourth-order valence-electron chi connectivity index (χ4n) is 3.70. The van der Waals surface area contributed by atoms with Crippen molar-refractivity contribution in [1.82, 2.24) is 23.1 Å². The van der Waals surface area contributed by atoms with Crippen LogP contribution in [0, 0.1) is 0 Å². The molecule has 0 saturated carbocycles. The highest BCUT2D eigenvalue weighted by atomic mass is 32.2. The Balaban J connectivity index is 1.32. The van der Waals surface area contributed by atoms with Crippen LogP contribution in [0.5, 0.6) is 0 Å². The maximum absolute atomic E-state index is 12.6. The van der Waals surface area contributed by atoms with Crippen molar-refractivity contribution < 1.29 is 8.42 Å². The number of para-hydroxylation sites is 2. The fraction of sp³-hybridized carbons (Fsp3) is 0.588. The molecule has 25 heavy (non-hydrogen) atoms. The largest absolute Gasteiger partial charge is 0.329 e. The van der Waals surface area contributed by atoms with E-state index in [2.05, 4.69) is 20.5 Å². The molecule has 0 amide bonds. The van der Waals surface area contributed by atoms with Crippen molar-refractivity contribution in [3.05, 3.63) is 30.6 Å². The van der Waals surface area contributed by atoms with Crippen LogP contribution in [0.1, 0.15) is 12.8 Å². The number of hydrogen-bond acceptors (Lipinski definition) is 4. The molecule has 8 heteroatoms. The Kier molecular flexibility index (Phi) is 4.77. The summed E-state index contributed by atoms with van der Waals surface area (Å²) in [4.78, 5) is 6.76. The van der Waals surface area contributed by atoms with E-state index in [1.807, 2.05) is 24.5 Å². The van der Waals surface area contributed by atoms with Crippen LogP contribution in [0.15, 0.2) is 30.6 Å². The molecule has 0 unspecified atom stereocenters.